The van der Waals surface area contributed by atoms with Crippen LogP contribution in [0.1, 0.15) is 52.4 Å². The molecule has 2 aliphatic rings. The minimum atomic E-state index is -2.74. The lowest BCUT2D eigenvalue weighted by molar-refractivity contribution is -0.170. The van der Waals surface area contributed by atoms with E-state index < -0.39 is 88.6 Å². The maximum atomic E-state index is 13.7. The number of ether oxygens (including phenoxy) is 1. The fourth-order valence-electron chi connectivity index (χ4n) is 5.33. The third-order valence-corrected chi connectivity index (χ3v) is 7.14. The molecule has 0 radical (unpaired) electrons. The van der Waals surface area contributed by atoms with Crippen molar-refractivity contribution in [3.8, 4) is 0 Å². The first-order chi connectivity index (χ1) is 18.5. The van der Waals surface area contributed by atoms with Gasteiger partial charge in [0, 0.05) is 5.92 Å². The normalized spacial score (nSPS) is 26.6. The van der Waals surface area contributed by atoms with Gasteiger partial charge in [0.05, 0.1) is 38.1 Å². The standard InChI is InChI=1S/C18H30N4O5.C6H8O7/c1-3-27-16(26)17(21)7-6-11(13(23)9-19)18(17,14(24)10(2)20)15(25)12-5-4-8-22-12;7-3(8)1-6(13,5(11)12)2-4(9)10/h10-12,22H,3-9,19-21H2,1-2H3;13H,1-2H2,(H,7,8)(H,9,10)(H,11,12). The Morgan fingerprint density at radius 2 is 1.60 bits per heavy atom. The number of rotatable bonds is 13. The van der Waals surface area contributed by atoms with Gasteiger partial charge in [0.25, 0.3) is 0 Å². The molecule has 1 saturated heterocycles. The average molecular weight is 575 g/mol. The minimum Gasteiger partial charge on any atom is -0.481 e. The van der Waals surface area contributed by atoms with Gasteiger partial charge in [-0.15, -0.1) is 0 Å². The van der Waals surface area contributed by atoms with Crippen LogP contribution < -0.4 is 22.5 Å². The minimum absolute atomic E-state index is 0.0286. The van der Waals surface area contributed by atoms with Crippen molar-refractivity contribution in [3.05, 3.63) is 0 Å². The number of esters is 1. The maximum Gasteiger partial charge on any atom is 0.336 e. The molecule has 1 saturated carbocycles. The van der Waals surface area contributed by atoms with Crippen molar-refractivity contribution >= 4 is 41.2 Å². The molecule has 1 aliphatic heterocycles. The number of hydrogen-bond acceptors (Lipinski definition) is 13. The van der Waals surface area contributed by atoms with Crippen molar-refractivity contribution in [2.45, 2.75) is 75.6 Å². The first-order valence-corrected chi connectivity index (χ1v) is 12.6. The van der Waals surface area contributed by atoms with Gasteiger partial charge in [-0.3, -0.25) is 28.8 Å². The summed E-state index contributed by atoms with van der Waals surface area (Å²) in [4.78, 5) is 83.0. The van der Waals surface area contributed by atoms with Crippen LogP contribution in [0.15, 0.2) is 0 Å². The van der Waals surface area contributed by atoms with Gasteiger partial charge in [-0.1, -0.05) is 0 Å². The SMILES string of the molecule is CCOC(=O)C1(N)CCC(C(=O)CN)C1(C(=O)C(C)N)C(=O)C1CCCN1.O=C(O)CC(O)(CC(=O)O)C(=O)O. The second-order valence-electron chi connectivity index (χ2n) is 9.91. The maximum absolute atomic E-state index is 13.7. The Balaban J connectivity index is 0.000000520. The molecule has 11 N–H and O–H groups in total. The fourth-order valence-corrected chi connectivity index (χ4v) is 5.33. The van der Waals surface area contributed by atoms with Gasteiger partial charge in [0.2, 0.25) is 0 Å². The summed E-state index contributed by atoms with van der Waals surface area (Å²) in [6, 6.07) is -1.75. The largest absolute Gasteiger partial charge is 0.481 e. The first-order valence-electron chi connectivity index (χ1n) is 12.6. The van der Waals surface area contributed by atoms with Crippen molar-refractivity contribution < 1.29 is 58.7 Å². The van der Waals surface area contributed by atoms with Crippen LogP contribution in [-0.4, -0.2) is 105 Å². The molecule has 2 rings (SSSR count). The third-order valence-electron chi connectivity index (χ3n) is 7.14. The molecule has 2 fully saturated rings. The Labute approximate surface area is 229 Å². The number of aliphatic carboxylic acids is 3. The number of carbonyl (C=O) groups excluding carboxylic acids is 4. The summed E-state index contributed by atoms with van der Waals surface area (Å²) in [5, 5.41) is 36.9. The Bertz CT molecular complexity index is 1010. The number of carboxylic acids is 3. The predicted molar refractivity (Wildman–Crippen MR) is 135 cm³/mol. The molecule has 0 bridgehead atoms. The van der Waals surface area contributed by atoms with E-state index in [1.807, 2.05) is 0 Å². The van der Waals surface area contributed by atoms with Crippen LogP contribution in [0.3, 0.4) is 0 Å². The smallest absolute Gasteiger partial charge is 0.336 e. The molecule has 0 spiro atoms. The van der Waals surface area contributed by atoms with Crippen LogP contribution in [0.25, 0.3) is 0 Å². The highest BCUT2D eigenvalue weighted by atomic mass is 16.5. The van der Waals surface area contributed by atoms with Crippen LogP contribution in [-0.2, 0) is 38.3 Å². The highest BCUT2D eigenvalue weighted by Crippen LogP contribution is 2.53. The topological polar surface area (TPSA) is 300 Å². The lowest BCUT2D eigenvalue weighted by Crippen LogP contribution is -2.71. The van der Waals surface area contributed by atoms with Crippen molar-refractivity contribution in [1.82, 2.24) is 5.32 Å². The summed E-state index contributed by atoms with van der Waals surface area (Å²) in [6.45, 7) is 3.31. The highest BCUT2D eigenvalue weighted by Gasteiger charge is 2.73. The lowest BCUT2D eigenvalue weighted by Gasteiger charge is -2.44. The molecule has 0 aromatic rings. The number of carbonyl (C=O) groups is 7. The zero-order valence-electron chi connectivity index (χ0n) is 22.4. The number of nitrogens with two attached hydrogens (primary N) is 3. The molecule has 1 heterocycles. The molecule has 16 nitrogen and oxygen atoms in total. The second kappa shape index (κ2) is 13.8. The van der Waals surface area contributed by atoms with E-state index in [0.717, 1.165) is 6.42 Å². The van der Waals surface area contributed by atoms with E-state index in [2.05, 4.69) is 5.32 Å². The van der Waals surface area contributed by atoms with Crippen LogP contribution in [0, 0.1) is 11.3 Å². The van der Waals surface area contributed by atoms with E-state index in [4.69, 9.17) is 42.4 Å². The zero-order valence-corrected chi connectivity index (χ0v) is 22.4. The molecular weight excluding hydrogens is 536 g/mol. The second-order valence-corrected chi connectivity index (χ2v) is 9.91. The van der Waals surface area contributed by atoms with Gasteiger partial charge in [-0.05, 0) is 46.1 Å². The summed E-state index contributed by atoms with van der Waals surface area (Å²) in [5.41, 5.74) is 11.1. The van der Waals surface area contributed by atoms with Crippen molar-refractivity contribution in [1.29, 1.82) is 0 Å². The number of nitrogens with one attached hydrogen (secondary N) is 1. The molecule has 5 atom stereocenters. The average Bonchev–Trinajstić information content (AvgIpc) is 3.49. The number of ketones is 3. The van der Waals surface area contributed by atoms with E-state index in [0.29, 0.717) is 13.0 Å². The zero-order chi connectivity index (χ0) is 31.1. The molecule has 0 aromatic carbocycles. The van der Waals surface area contributed by atoms with Crippen LogP contribution in [0.2, 0.25) is 0 Å². The van der Waals surface area contributed by atoms with E-state index >= 15 is 0 Å². The summed E-state index contributed by atoms with van der Waals surface area (Å²) in [7, 11) is 0. The van der Waals surface area contributed by atoms with E-state index in [1.54, 1.807) is 6.92 Å². The number of aliphatic hydroxyl groups is 1. The molecule has 5 unspecified atom stereocenters. The molecule has 40 heavy (non-hydrogen) atoms. The van der Waals surface area contributed by atoms with Crippen molar-refractivity contribution in [3.63, 3.8) is 0 Å². The van der Waals surface area contributed by atoms with Gasteiger partial charge in [0.1, 0.15) is 11.0 Å². The quantitative estimate of drug-likeness (QED) is 0.0811. The van der Waals surface area contributed by atoms with Gasteiger partial charge in [-0.2, -0.15) is 0 Å². The molecule has 0 amide bonds. The van der Waals surface area contributed by atoms with Gasteiger partial charge in [0.15, 0.2) is 23.0 Å². The molecule has 16 heteroatoms. The fraction of sp³-hybridized carbons (Fsp3) is 0.708. The number of carboxylic acid groups (broad SMARTS) is 3. The van der Waals surface area contributed by atoms with E-state index in [9.17, 15) is 33.6 Å². The summed E-state index contributed by atoms with van der Waals surface area (Å²) < 4.78 is 5.12. The Morgan fingerprint density at radius 3 is 1.98 bits per heavy atom. The summed E-state index contributed by atoms with van der Waals surface area (Å²) >= 11 is 0. The number of Topliss-reactive ketones (excluding diaryl/α,β-unsaturated/α-hetero) is 3. The molecule has 1 aliphatic carbocycles. The van der Waals surface area contributed by atoms with E-state index in [-0.39, 0.29) is 26.0 Å². The lowest BCUT2D eigenvalue weighted by atomic mass is 9.58. The molecule has 226 valence electrons. The van der Waals surface area contributed by atoms with Crippen LogP contribution in [0.5, 0.6) is 0 Å². The monoisotopic (exact) mass is 574 g/mol. The highest BCUT2D eigenvalue weighted by molar-refractivity contribution is 6.19. The van der Waals surface area contributed by atoms with Gasteiger partial charge in [-0.25, -0.2) is 4.79 Å². The van der Waals surface area contributed by atoms with Gasteiger partial charge < -0.3 is 47.7 Å². The van der Waals surface area contributed by atoms with Crippen molar-refractivity contribution in [2.24, 2.45) is 28.5 Å². The predicted octanol–water partition coefficient (Wildman–Crippen LogP) is -2.84. The Kier molecular flexibility index (Phi) is 12.0. The van der Waals surface area contributed by atoms with Crippen LogP contribution in [0.4, 0.5) is 0 Å². The van der Waals surface area contributed by atoms with E-state index in [1.165, 1.54) is 6.92 Å². The molecular formula is C24H38N4O12. The van der Waals surface area contributed by atoms with Gasteiger partial charge >= 0.3 is 23.9 Å². The van der Waals surface area contributed by atoms with Crippen molar-refractivity contribution in [2.75, 3.05) is 19.7 Å². The Morgan fingerprint density at radius 1 is 1.05 bits per heavy atom. The molecule has 0 aromatic heterocycles. The summed E-state index contributed by atoms with van der Waals surface area (Å²) in [5.74, 6) is -8.72. The Hall–Kier alpha value is -3.31. The van der Waals surface area contributed by atoms with Crippen LogP contribution >= 0.6 is 0 Å². The first kappa shape index (κ1) is 34.7. The number of hydrogen-bond donors (Lipinski definition) is 8. The third kappa shape index (κ3) is 6.87. The summed E-state index contributed by atoms with van der Waals surface area (Å²) in [6.07, 6.45) is -0.981.